The van der Waals surface area contributed by atoms with Crippen LogP contribution in [0.1, 0.15) is 19.2 Å². The molecule has 1 N–H and O–H groups in total. The van der Waals surface area contributed by atoms with Crippen molar-refractivity contribution < 1.29 is 0 Å². The minimum atomic E-state index is 0.476. The summed E-state index contributed by atoms with van der Waals surface area (Å²) >= 11 is 0. The number of nitrogens with zero attached hydrogens (tertiary/aromatic N) is 6. The average Bonchev–Trinajstić information content (AvgIpc) is 2.79. The normalized spacial score (nSPS) is 10.4. The van der Waals surface area contributed by atoms with Crippen molar-refractivity contribution in [1.29, 1.82) is 0 Å². The number of rotatable bonds is 4. The molecule has 0 fully saturated rings. The molecular formula is C9H13N7. The van der Waals surface area contributed by atoms with Gasteiger partial charge in [-0.3, -0.25) is 0 Å². The van der Waals surface area contributed by atoms with E-state index in [0.717, 1.165) is 13.0 Å². The van der Waals surface area contributed by atoms with E-state index in [4.69, 9.17) is 0 Å². The number of aryl methyl sites for hydroxylation is 1. The Balaban J connectivity index is 2.29. The van der Waals surface area contributed by atoms with Gasteiger partial charge in [-0.25, -0.2) is 4.98 Å². The van der Waals surface area contributed by atoms with E-state index in [-0.39, 0.29) is 0 Å². The van der Waals surface area contributed by atoms with Crippen molar-refractivity contribution in [2.75, 3.05) is 11.9 Å². The van der Waals surface area contributed by atoms with Crippen LogP contribution in [-0.2, 0) is 0 Å². The van der Waals surface area contributed by atoms with Gasteiger partial charge in [-0.05, 0) is 13.3 Å². The molecule has 2 heterocycles. The largest absolute Gasteiger partial charge is 0.354 e. The second-order valence-electron chi connectivity index (χ2n) is 3.27. The van der Waals surface area contributed by atoms with Crippen LogP contribution in [0.4, 0.5) is 5.95 Å². The molecule has 0 aliphatic carbocycles. The number of hydrogen-bond donors (Lipinski definition) is 1. The topological polar surface area (TPSA) is 81.4 Å². The summed E-state index contributed by atoms with van der Waals surface area (Å²) in [5.41, 5.74) is 0. The maximum absolute atomic E-state index is 4.24. The Morgan fingerprint density at radius 2 is 2.19 bits per heavy atom. The SMILES string of the molecule is CCCNc1nc(C)nc(-n2cncn2)n1. The van der Waals surface area contributed by atoms with Gasteiger partial charge in [-0.2, -0.15) is 24.7 Å². The Labute approximate surface area is 93.0 Å². The number of nitrogens with one attached hydrogen (secondary N) is 1. The zero-order valence-electron chi connectivity index (χ0n) is 9.25. The second kappa shape index (κ2) is 4.65. The minimum absolute atomic E-state index is 0.476. The highest BCUT2D eigenvalue weighted by molar-refractivity contribution is 5.27. The fourth-order valence-electron chi connectivity index (χ4n) is 1.20. The molecular weight excluding hydrogens is 206 g/mol. The van der Waals surface area contributed by atoms with Gasteiger partial charge in [-0.15, -0.1) is 0 Å². The molecule has 2 aromatic heterocycles. The molecule has 84 valence electrons. The monoisotopic (exact) mass is 219 g/mol. The molecule has 0 saturated carbocycles. The Hall–Kier alpha value is -2.05. The second-order valence-corrected chi connectivity index (χ2v) is 3.27. The first-order chi connectivity index (χ1) is 7.79. The highest BCUT2D eigenvalue weighted by atomic mass is 15.4. The smallest absolute Gasteiger partial charge is 0.257 e. The Morgan fingerprint density at radius 1 is 1.31 bits per heavy atom. The van der Waals surface area contributed by atoms with Crippen LogP contribution in [0.3, 0.4) is 0 Å². The lowest BCUT2D eigenvalue weighted by molar-refractivity contribution is 0.779. The molecule has 2 aromatic rings. The van der Waals surface area contributed by atoms with Crippen LogP contribution in [0.2, 0.25) is 0 Å². The van der Waals surface area contributed by atoms with Crippen molar-refractivity contribution in [2.24, 2.45) is 0 Å². The summed E-state index contributed by atoms with van der Waals surface area (Å²) < 4.78 is 1.51. The maximum Gasteiger partial charge on any atom is 0.257 e. The lowest BCUT2D eigenvalue weighted by Crippen LogP contribution is -2.10. The van der Waals surface area contributed by atoms with E-state index < -0.39 is 0 Å². The highest BCUT2D eigenvalue weighted by Crippen LogP contribution is 2.03. The Bertz CT molecular complexity index is 451. The zero-order valence-corrected chi connectivity index (χ0v) is 9.25. The van der Waals surface area contributed by atoms with Gasteiger partial charge in [0.2, 0.25) is 5.95 Å². The van der Waals surface area contributed by atoms with E-state index in [1.807, 2.05) is 6.92 Å². The molecule has 7 nitrogen and oxygen atoms in total. The van der Waals surface area contributed by atoms with Crippen molar-refractivity contribution in [2.45, 2.75) is 20.3 Å². The molecule has 0 radical (unpaired) electrons. The molecule has 0 spiro atoms. The van der Waals surface area contributed by atoms with Crippen molar-refractivity contribution in [3.8, 4) is 5.95 Å². The molecule has 0 unspecified atom stereocenters. The summed E-state index contributed by atoms with van der Waals surface area (Å²) in [6, 6.07) is 0. The van der Waals surface area contributed by atoms with Crippen molar-refractivity contribution in [3.63, 3.8) is 0 Å². The lowest BCUT2D eigenvalue weighted by atomic mass is 10.5. The van der Waals surface area contributed by atoms with Crippen molar-refractivity contribution >= 4 is 5.95 Å². The number of hydrogen-bond acceptors (Lipinski definition) is 6. The van der Waals surface area contributed by atoms with E-state index in [1.165, 1.54) is 11.0 Å². The molecule has 0 aromatic carbocycles. The van der Waals surface area contributed by atoms with Gasteiger partial charge in [0.25, 0.3) is 5.95 Å². The van der Waals surface area contributed by atoms with Crippen LogP contribution in [-0.4, -0.2) is 36.3 Å². The standard InChI is InChI=1S/C9H13N7/c1-3-4-11-8-13-7(2)14-9(15-8)16-6-10-5-12-16/h5-6H,3-4H2,1-2H3,(H,11,13,14,15). The molecule has 7 heteroatoms. The van der Waals surface area contributed by atoms with Gasteiger partial charge in [0.15, 0.2) is 0 Å². The van der Waals surface area contributed by atoms with Crippen molar-refractivity contribution in [1.82, 2.24) is 29.7 Å². The van der Waals surface area contributed by atoms with Crippen LogP contribution in [0.15, 0.2) is 12.7 Å². The molecule has 0 aliphatic heterocycles. The molecule has 0 bridgehead atoms. The molecule has 0 saturated heterocycles. The molecule has 16 heavy (non-hydrogen) atoms. The third-order valence-electron chi connectivity index (χ3n) is 1.89. The van der Waals surface area contributed by atoms with E-state index in [1.54, 1.807) is 6.33 Å². The van der Waals surface area contributed by atoms with E-state index in [2.05, 4.69) is 37.3 Å². The summed E-state index contributed by atoms with van der Waals surface area (Å²) in [7, 11) is 0. The van der Waals surface area contributed by atoms with Crippen molar-refractivity contribution in [3.05, 3.63) is 18.5 Å². The van der Waals surface area contributed by atoms with E-state index >= 15 is 0 Å². The fourth-order valence-corrected chi connectivity index (χ4v) is 1.20. The first-order valence-corrected chi connectivity index (χ1v) is 5.11. The quantitative estimate of drug-likeness (QED) is 0.810. The van der Waals surface area contributed by atoms with Gasteiger partial charge in [-0.1, -0.05) is 6.92 Å². The Morgan fingerprint density at radius 3 is 2.88 bits per heavy atom. The third-order valence-corrected chi connectivity index (χ3v) is 1.89. The van der Waals surface area contributed by atoms with E-state index in [0.29, 0.717) is 17.7 Å². The summed E-state index contributed by atoms with van der Waals surface area (Å²) in [5, 5.41) is 7.09. The summed E-state index contributed by atoms with van der Waals surface area (Å²) in [6.07, 6.45) is 4.01. The molecule has 2 rings (SSSR count). The van der Waals surface area contributed by atoms with Gasteiger partial charge in [0.05, 0.1) is 0 Å². The first-order valence-electron chi connectivity index (χ1n) is 5.11. The molecule has 0 atom stereocenters. The number of anilines is 1. The molecule has 0 amide bonds. The van der Waals surface area contributed by atoms with Crippen LogP contribution < -0.4 is 5.32 Å². The maximum atomic E-state index is 4.24. The predicted octanol–water partition coefficient (Wildman–Crippen LogP) is 0.583. The van der Waals surface area contributed by atoms with Gasteiger partial charge in [0, 0.05) is 6.54 Å². The van der Waals surface area contributed by atoms with Gasteiger partial charge < -0.3 is 5.32 Å². The Kier molecular flexibility index (Phi) is 3.04. The van der Waals surface area contributed by atoms with Crippen LogP contribution in [0, 0.1) is 6.92 Å². The van der Waals surface area contributed by atoms with Crippen LogP contribution in [0.25, 0.3) is 5.95 Å². The fraction of sp³-hybridized carbons (Fsp3) is 0.444. The lowest BCUT2D eigenvalue weighted by Gasteiger charge is -2.05. The van der Waals surface area contributed by atoms with Gasteiger partial charge >= 0.3 is 0 Å². The zero-order chi connectivity index (χ0) is 11.4. The van der Waals surface area contributed by atoms with E-state index in [9.17, 15) is 0 Å². The molecule has 0 aliphatic rings. The van der Waals surface area contributed by atoms with Gasteiger partial charge in [0.1, 0.15) is 18.5 Å². The average molecular weight is 219 g/mol. The first kappa shape index (κ1) is 10.5. The predicted molar refractivity (Wildman–Crippen MR) is 58.3 cm³/mol. The minimum Gasteiger partial charge on any atom is -0.354 e. The highest BCUT2D eigenvalue weighted by Gasteiger charge is 2.05. The number of aromatic nitrogens is 6. The van der Waals surface area contributed by atoms with Crippen LogP contribution >= 0.6 is 0 Å². The summed E-state index contributed by atoms with van der Waals surface area (Å²) in [5.74, 6) is 1.70. The van der Waals surface area contributed by atoms with Crippen LogP contribution in [0.5, 0.6) is 0 Å². The summed E-state index contributed by atoms with van der Waals surface area (Å²) in [4.78, 5) is 16.5. The summed E-state index contributed by atoms with van der Waals surface area (Å²) in [6.45, 7) is 4.73. The third kappa shape index (κ3) is 2.30.